The SMILES string of the molecule is C.Cc1cn([C@H]2CN(C(C)C)C[C@@H](COP(=O)(C(C)C)N(C)C)O2)c(=O)nc1N. The van der Waals surface area contributed by atoms with Gasteiger partial charge in [0.25, 0.3) is 7.52 Å². The summed E-state index contributed by atoms with van der Waals surface area (Å²) in [6.07, 6.45) is 0.843. The van der Waals surface area contributed by atoms with E-state index in [0.717, 1.165) is 5.56 Å². The van der Waals surface area contributed by atoms with Gasteiger partial charge < -0.3 is 15.0 Å². The van der Waals surface area contributed by atoms with Crippen molar-refractivity contribution in [2.45, 2.75) is 66.1 Å². The van der Waals surface area contributed by atoms with E-state index in [1.807, 2.05) is 13.8 Å². The van der Waals surface area contributed by atoms with Gasteiger partial charge in [0, 0.05) is 36.6 Å². The summed E-state index contributed by atoms with van der Waals surface area (Å²) >= 11 is 0. The van der Waals surface area contributed by atoms with Crippen molar-refractivity contribution < 1.29 is 13.8 Å². The van der Waals surface area contributed by atoms with E-state index < -0.39 is 19.4 Å². The highest BCUT2D eigenvalue weighted by atomic mass is 31.2. The van der Waals surface area contributed by atoms with Gasteiger partial charge in [0.05, 0.1) is 12.7 Å². The number of hydrogen-bond donors (Lipinski definition) is 1. The van der Waals surface area contributed by atoms with Gasteiger partial charge in [-0.3, -0.25) is 14.0 Å². The molecule has 0 spiro atoms. The molecule has 0 amide bonds. The molecule has 2 rings (SSSR count). The predicted octanol–water partition coefficient (Wildman–Crippen LogP) is 2.56. The number of morpholine rings is 1. The van der Waals surface area contributed by atoms with Gasteiger partial charge in [-0.15, -0.1) is 0 Å². The molecule has 168 valence electrons. The van der Waals surface area contributed by atoms with Crippen LogP contribution in [0.2, 0.25) is 0 Å². The Hall–Kier alpha value is -1.25. The lowest BCUT2D eigenvalue weighted by atomic mass is 10.2. The van der Waals surface area contributed by atoms with Gasteiger partial charge in [0.1, 0.15) is 5.82 Å². The molecular formula is C19H38N5O4P. The van der Waals surface area contributed by atoms with Crippen molar-refractivity contribution in [2.75, 3.05) is 39.5 Å². The third kappa shape index (κ3) is 5.89. The quantitative estimate of drug-likeness (QED) is 0.657. The molecular weight excluding hydrogens is 393 g/mol. The number of nitrogens with zero attached hydrogens (tertiary/aromatic N) is 4. The molecule has 0 aromatic carbocycles. The second-order valence-corrected chi connectivity index (χ2v) is 11.3. The third-order valence-electron chi connectivity index (χ3n) is 5.05. The summed E-state index contributed by atoms with van der Waals surface area (Å²) in [4.78, 5) is 18.5. The van der Waals surface area contributed by atoms with Crippen LogP contribution in [0.4, 0.5) is 5.82 Å². The predicted molar refractivity (Wildman–Crippen MR) is 117 cm³/mol. The van der Waals surface area contributed by atoms with Crippen LogP contribution in [0.5, 0.6) is 0 Å². The lowest BCUT2D eigenvalue weighted by Gasteiger charge is -2.41. The van der Waals surface area contributed by atoms with Crippen LogP contribution in [0.1, 0.15) is 46.9 Å². The summed E-state index contributed by atoms with van der Waals surface area (Å²) in [5.74, 6) is 0.224. The van der Waals surface area contributed by atoms with Gasteiger partial charge >= 0.3 is 5.69 Å². The molecule has 1 aromatic rings. The maximum absolute atomic E-state index is 13.1. The molecule has 1 aliphatic rings. The van der Waals surface area contributed by atoms with Crippen LogP contribution in [0.25, 0.3) is 0 Å². The molecule has 0 saturated carbocycles. The fourth-order valence-electron chi connectivity index (χ4n) is 3.21. The highest BCUT2D eigenvalue weighted by Gasteiger charge is 2.35. The first-order valence-corrected chi connectivity index (χ1v) is 11.3. The number of hydrogen-bond acceptors (Lipinski definition) is 7. The molecule has 1 unspecified atom stereocenters. The molecule has 1 saturated heterocycles. The standard InChI is InChI=1S/C18H34N5O4P.CH4/c1-12(2)22-9-15(11-26-28(25,13(3)4)21(6)7)27-16(10-22)23-8-14(5)17(19)20-18(23)24;/h8,12-13,15-16H,9-11H2,1-7H3,(H2,19,20,24);1H4/t15-,16+,28?;/m0./s1. The molecule has 0 radical (unpaired) electrons. The van der Waals surface area contributed by atoms with Crippen LogP contribution >= 0.6 is 7.52 Å². The zero-order valence-corrected chi connectivity index (χ0v) is 18.8. The Kier molecular flexibility index (Phi) is 9.05. The number of ether oxygens (including phenoxy) is 1. The van der Waals surface area contributed by atoms with Crippen LogP contribution in [0.15, 0.2) is 11.0 Å². The van der Waals surface area contributed by atoms with E-state index in [-0.39, 0.29) is 37.7 Å². The number of rotatable bonds is 7. The molecule has 1 aliphatic heterocycles. The minimum Gasteiger partial charge on any atom is -0.383 e. The summed E-state index contributed by atoms with van der Waals surface area (Å²) < 4.78 is 28.3. The summed E-state index contributed by atoms with van der Waals surface area (Å²) in [6.45, 7) is 11.1. The lowest BCUT2D eigenvalue weighted by Crippen LogP contribution is -2.51. The van der Waals surface area contributed by atoms with E-state index >= 15 is 0 Å². The topological polar surface area (TPSA) is 103 Å². The average Bonchev–Trinajstić information content (AvgIpc) is 2.61. The fraction of sp³-hybridized carbons (Fsp3) is 0.789. The number of aromatic nitrogens is 2. The molecule has 3 atom stereocenters. The zero-order chi connectivity index (χ0) is 21.2. The lowest BCUT2D eigenvalue weighted by molar-refractivity contribution is -0.139. The van der Waals surface area contributed by atoms with Gasteiger partial charge in [-0.25, -0.2) is 9.46 Å². The first-order valence-electron chi connectivity index (χ1n) is 9.62. The smallest absolute Gasteiger partial charge is 0.351 e. The zero-order valence-electron chi connectivity index (χ0n) is 18.0. The van der Waals surface area contributed by atoms with Gasteiger partial charge in [-0.2, -0.15) is 4.98 Å². The highest BCUT2D eigenvalue weighted by Crippen LogP contribution is 2.53. The van der Waals surface area contributed by atoms with Crippen LogP contribution in [0.3, 0.4) is 0 Å². The summed E-state index contributed by atoms with van der Waals surface area (Å²) in [7, 11) is 0.565. The van der Waals surface area contributed by atoms with Gasteiger partial charge in [0.2, 0.25) is 0 Å². The van der Waals surface area contributed by atoms with Crippen LogP contribution in [0, 0.1) is 6.92 Å². The van der Waals surface area contributed by atoms with E-state index in [1.165, 1.54) is 4.57 Å². The number of aryl methyl sites for hydroxylation is 1. The number of nitrogen functional groups attached to an aromatic ring is 1. The highest BCUT2D eigenvalue weighted by molar-refractivity contribution is 7.57. The van der Waals surface area contributed by atoms with Crippen molar-refractivity contribution in [3.63, 3.8) is 0 Å². The number of anilines is 1. The molecule has 1 fully saturated rings. The van der Waals surface area contributed by atoms with Crippen molar-refractivity contribution in [1.29, 1.82) is 0 Å². The van der Waals surface area contributed by atoms with E-state index in [2.05, 4.69) is 23.7 Å². The summed E-state index contributed by atoms with van der Waals surface area (Å²) in [5, 5.41) is 0. The van der Waals surface area contributed by atoms with E-state index in [1.54, 1.807) is 31.9 Å². The fourth-order valence-corrected chi connectivity index (χ4v) is 5.05. The summed E-state index contributed by atoms with van der Waals surface area (Å²) in [6, 6.07) is 0.262. The van der Waals surface area contributed by atoms with Crippen LogP contribution < -0.4 is 11.4 Å². The van der Waals surface area contributed by atoms with Crippen LogP contribution in [-0.2, 0) is 13.8 Å². The second-order valence-electron chi connectivity index (χ2n) is 8.06. The second kappa shape index (κ2) is 10.2. The first-order chi connectivity index (χ1) is 13.0. The van der Waals surface area contributed by atoms with Crippen molar-refractivity contribution >= 4 is 13.3 Å². The van der Waals surface area contributed by atoms with Gasteiger partial charge in [-0.1, -0.05) is 21.3 Å². The Labute approximate surface area is 174 Å². The van der Waals surface area contributed by atoms with Crippen molar-refractivity contribution in [1.82, 2.24) is 19.1 Å². The Morgan fingerprint density at radius 3 is 2.48 bits per heavy atom. The molecule has 2 N–H and O–H groups in total. The minimum atomic E-state index is -2.95. The number of nitrogens with two attached hydrogens (primary N) is 1. The monoisotopic (exact) mass is 431 g/mol. The van der Waals surface area contributed by atoms with E-state index in [4.69, 9.17) is 15.0 Å². The average molecular weight is 432 g/mol. The Morgan fingerprint density at radius 1 is 1.34 bits per heavy atom. The Morgan fingerprint density at radius 2 is 1.97 bits per heavy atom. The van der Waals surface area contributed by atoms with Crippen LogP contribution in [-0.4, -0.2) is 70.7 Å². The molecule has 1 aromatic heterocycles. The molecule has 2 heterocycles. The summed E-state index contributed by atoms with van der Waals surface area (Å²) in [5.41, 5.74) is 5.89. The third-order valence-corrected chi connectivity index (χ3v) is 7.99. The van der Waals surface area contributed by atoms with Gasteiger partial charge in [0.15, 0.2) is 6.23 Å². The molecule has 0 bridgehead atoms. The Bertz CT molecular complexity index is 768. The van der Waals surface area contributed by atoms with Gasteiger partial charge in [-0.05, 0) is 34.9 Å². The molecule has 0 aliphatic carbocycles. The van der Waals surface area contributed by atoms with Crippen molar-refractivity contribution in [3.05, 3.63) is 22.2 Å². The maximum Gasteiger partial charge on any atom is 0.351 e. The normalized spacial score (nSPS) is 22.7. The first kappa shape index (κ1) is 25.8. The Balaban J connectivity index is 0.00000420. The molecule has 10 heteroatoms. The van der Waals surface area contributed by atoms with E-state index in [0.29, 0.717) is 13.1 Å². The van der Waals surface area contributed by atoms with Crippen molar-refractivity contribution in [2.24, 2.45) is 0 Å². The van der Waals surface area contributed by atoms with E-state index in [9.17, 15) is 9.36 Å². The molecule has 9 nitrogen and oxygen atoms in total. The minimum absolute atomic E-state index is 0. The largest absolute Gasteiger partial charge is 0.383 e. The van der Waals surface area contributed by atoms with Crippen molar-refractivity contribution in [3.8, 4) is 0 Å². The molecule has 29 heavy (non-hydrogen) atoms. The maximum atomic E-state index is 13.1.